The first kappa shape index (κ1) is 13.7. The van der Waals surface area contributed by atoms with Gasteiger partial charge in [-0.15, -0.1) is 0 Å². The first-order valence-electron chi connectivity index (χ1n) is 7.65. The molecule has 4 rings (SSSR count). The van der Waals surface area contributed by atoms with E-state index in [1.807, 2.05) is 42.4 Å². The Labute approximate surface area is 134 Å². The number of fused-ring (bicyclic) bond motifs is 3. The summed E-state index contributed by atoms with van der Waals surface area (Å²) >= 11 is 0. The van der Waals surface area contributed by atoms with Crippen LogP contribution in [0.15, 0.2) is 52.7 Å². The van der Waals surface area contributed by atoms with Crippen molar-refractivity contribution in [3.8, 4) is 6.07 Å². The molecule has 23 heavy (non-hydrogen) atoms. The quantitative estimate of drug-likeness (QED) is 0.670. The fourth-order valence-corrected chi connectivity index (χ4v) is 3.29. The van der Waals surface area contributed by atoms with Crippen LogP contribution < -0.4 is 4.90 Å². The summed E-state index contributed by atoms with van der Waals surface area (Å²) in [5.74, 6) is 0. The third-order valence-corrected chi connectivity index (χ3v) is 4.62. The molecule has 0 aliphatic carbocycles. The monoisotopic (exact) mass is 303 g/mol. The Kier molecular flexibility index (Phi) is 2.85. The van der Waals surface area contributed by atoms with Gasteiger partial charge in [0.25, 0.3) is 0 Å². The molecule has 4 heteroatoms. The van der Waals surface area contributed by atoms with Gasteiger partial charge in [-0.05, 0) is 31.5 Å². The van der Waals surface area contributed by atoms with Gasteiger partial charge >= 0.3 is 0 Å². The van der Waals surface area contributed by atoms with Crippen LogP contribution in [0, 0.1) is 18.3 Å². The van der Waals surface area contributed by atoms with Crippen molar-refractivity contribution in [1.29, 1.82) is 5.26 Å². The molecule has 114 valence electrons. The highest BCUT2D eigenvalue weighted by molar-refractivity contribution is 6.06. The largest absolute Gasteiger partial charge is 0.456 e. The van der Waals surface area contributed by atoms with E-state index in [2.05, 4.69) is 36.9 Å². The number of para-hydroxylation sites is 1. The van der Waals surface area contributed by atoms with Crippen molar-refractivity contribution >= 4 is 27.6 Å². The number of anilines is 1. The fraction of sp³-hybridized carbons (Fsp3) is 0.211. The zero-order valence-electron chi connectivity index (χ0n) is 13.4. The number of nitriles is 1. The van der Waals surface area contributed by atoms with Crippen molar-refractivity contribution in [2.45, 2.75) is 20.0 Å². The smallest absolute Gasteiger partial charge is 0.138 e. The minimum Gasteiger partial charge on any atom is -0.456 e. The third-order valence-electron chi connectivity index (χ3n) is 4.62. The first-order valence-corrected chi connectivity index (χ1v) is 7.65. The third kappa shape index (κ3) is 1.90. The van der Waals surface area contributed by atoms with Crippen LogP contribution in [0.5, 0.6) is 0 Å². The van der Waals surface area contributed by atoms with Crippen molar-refractivity contribution in [2.75, 3.05) is 11.9 Å². The second-order valence-electron chi connectivity index (χ2n) is 6.03. The molecule has 0 N–H and O–H groups in total. The molecule has 0 unspecified atom stereocenters. The van der Waals surface area contributed by atoms with Gasteiger partial charge in [0.05, 0.1) is 5.69 Å². The van der Waals surface area contributed by atoms with Gasteiger partial charge in [-0.2, -0.15) is 5.26 Å². The van der Waals surface area contributed by atoms with E-state index in [0.717, 1.165) is 33.2 Å². The maximum absolute atomic E-state index is 9.44. The highest BCUT2D eigenvalue weighted by Gasteiger charge is 2.29. The van der Waals surface area contributed by atoms with E-state index in [1.54, 1.807) is 0 Å². The Morgan fingerprint density at radius 1 is 1.13 bits per heavy atom. The van der Waals surface area contributed by atoms with Gasteiger partial charge in [0.15, 0.2) is 0 Å². The van der Waals surface area contributed by atoms with Crippen molar-refractivity contribution in [2.24, 2.45) is 0 Å². The van der Waals surface area contributed by atoms with Crippen LogP contribution in [0.3, 0.4) is 0 Å². The zero-order valence-corrected chi connectivity index (χ0v) is 13.4. The molecule has 2 aromatic carbocycles. The highest BCUT2D eigenvalue weighted by atomic mass is 16.3. The predicted octanol–water partition coefficient (Wildman–Crippen LogP) is 4.36. The maximum atomic E-state index is 9.44. The molecule has 4 nitrogen and oxygen atoms in total. The van der Waals surface area contributed by atoms with E-state index in [-0.39, 0.29) is 6.17 Å². The number of aryl methyl sites for hydroxylation is 1. The van der Waals surface area contributed by atoms with Crippen LogP contribution in [0.25, 0.3) is 21.9 Å². The van der Waals surface area contributed by atoms with Gasteiger partial charge in [0.1, 0.15) is 29.1 Å². The predicted molar refractivity (Wildman–Crippen MR) is 91.9 cm³/mol. The average Bonchev–Trinajstić information content (AvgIpc) is 3.04. The van der Waals surface area contributed by atoms with Crippen LogP contribution in [0.2, 0.25) is 0 Å². The summed E-state index contributed by atoms with van der Waals surface area (Å²) in [7, 11) is 1.98. The van der Waals surface area contributed by atoms with Crippen molar-refractivity contribution in [3.05, 3.63) is 53.9 Å². The average molecular weight is 303 g/mol. The number of rotatable bonds is 1. The number of hydrogen-bond donors (Lipinski definition) is 0. The van der Waals surface area contributed by atoms with Gasteiger partial charge in [-0.25, -0.2) is 0 Å². The number of nitrogens with zero attached hydrogens (tertiary/aromatic N) is 3. The van der Waals surface area contributed by atoms with Gasteiger partial charge in [0.2, 0.25) is 0 Å². The molecule has 0 bridgehead atoms. The molecule has 2 heterocycles. The summed E-state index contributed by atoms with van der Waals surface area (Å²) < 4.78 is 6.00. The topological polar surface area (TPSA) is 43.4 Å². The summed E-state index contributed by atoms with van der Waals surface area (Å²) in [5, 5.41) is 11.7. The lowest BCUT2D eigenvalue weighted by Gasteiger charge is -2.29. The Morgan fingerprint density at radius 3 is 2.70 bits per heavy atom. The molecule has 1 aliphatic heterocycles. The standard InChI is InChI=1S/C19H17N3O/c1-12-8-16-15-6-4-5-7-18(15)23-19(16)9-17(12)22-13(2)21(3)11-14(22)10-20/h4-9,11,13H,1-3H3/t13-/m0/s1. The van der Waals surface area contributed by atoms with Crippen LogP contribution in [-0.4, -0.2) is 18.1 Å². The highest BCUT2D eigenvalue weighted by Crippen LogP contribution is 2.37. The van der Waals surface area contributed by atoms with Crippen LogP contribution in [0.1, 0.15) is 12.5 Å². The van der Waals surface area contributed by atoms with Gasteiger partial charge in [-0.3, -0.25) is 0 Å². The molecule has 0 radical (unpaired) electrons. The van der Waals surface area contributed by atoms with Gasteiger partial charge in [0, 0.05) is 30.1 Å². The first-order chi connectivity index (χ1) is 11.1. The molecular weight excluding hydrogens is 286 g/mol. The van der Waals surface area contributed by atoms with E-state index in [1.165, 1.54) is 0 Å². The summed E-state index contributed by atoms with van der Waals surface area (Å²) in [6.07, 6.45) is 1.98. The van der Waals surface area contributed by atoms with Crippen LogP contribution >= 0.6 is 0 Å². The molecule has 1 aromatic heterocycles. The number of benzene rings is 2. The maximum Gasteiger partial charge on any atom is 0.138 e. The lowest BCUT2D eigenvalue weighted by Crippen LogP contribution is -2.35. The fourth-order valence-electron chi connectivity index (χ4n) is 3.29. The number of hydrogen-bond acceptors (Lipinski definition) is 4. The molecule has 3 aromatic rings. The molecule has 1 aliphatic rings. The molecule has 0 spiro atoms. The van der Waals surface area contributed by atoms with E-state index in [9.17, 15) is 5.26 Å². The number of furan rings is 1. The Hall–Kier alpha value is -2.93. The van der Waals surface area contributed by atoms with Gasteiger partial charge < -0.3 is 14.2 Å². The summed E-state index contributed by atoms with van der Waals surface area (Å²) in [4.78, 5) is 4.10. The molecule has 1 atom stereocenters. The second-order valence-corrected chi connectivity index (χ2v) is 6.03. The Morgan fingerprint density at radius 2 is 1.91 bits per heavy atom. The molecule has 0 saturated heterocycles. The minimum absolute atomic E-state index is 0.102. The Bertz CT molecular complexity index is 993. The molecule has 0 saturated carbocycles. The lowest BCUT2D eigenvalue weighted by molar-refractivity contribution is 0.382. The zero-order chi connectivity index (χ0) is 16.1. The second kappa shape index (κ2) is 4.79. The summed E-state index contributed by atoms with van der Waals surface area (Å²) in [5.41, 5.74) is 4.54. The van der Waals surface area contributed by atoms with Crippen molar-refractivity contribution in [1.82, 2.24) is 4.90 Å². The molecular formula is C19H17N3O. The SMILES string of the molecule is Cc1cc2c(cc1N1C(C#N)=CN(C)[C@@H]1C)oc1ccccc12. The number of allylic oxidation sites excluding steroid dienone is 1. The van der Waals surface area contributed by atoms with E-state index in [0.29, 0.717) is 5.70 Å². The normalized spacial score (nSPS) is 17.8. The summed E-state index contributed by atoms with van der Waals surface area (Å²) in [6.45, 7) is 4.17. The van der Waals surface area contributed by atoms with Crippen molar-refractivity contribution in [3.63, 3.8) is 0 Å². The van der Waals surface area contributed by atoms with E-state index in [4.69, 9.17) is 4.42 Å². The van der Waals surface area contributed by atoms with Crippen LogP contribution in [0.4, 0.5) is 5.69 Å². The van der Waals surface area contributed by atoms with E-state index < -0.39 is 0 Å². The molecule has 0 amide bonds. The lowest BCUT2D eigenvalue weighted by atomic mass is 10.1. The summed E-state index contributed by atoms with van der Waals surface area (Å²) in [6, 6.07) is 14.5. The Balaban J connectivity index is 1.95. The van der Waals surface area contributed by atoms with Crippen LogP contribution in [-0.2, 0) is 0 Å². The van der Waals surface area contributed by atoms with Gasteiger partial charge in [-0.1, -0.05) is 18.2 Å². The molecule has 0 fully saturated rings. The minimum atomic E-state index is 0.102. The van der Waals surface area contributed by atoms with Crippen molar-refractivity contribution < 1.29 is 4.42 Å². The van der Waals surface area contributed by atoms with E-state index >= 15 is 0 Å².